The summed E-state index contributed by atoms with van der Waals surface area (Å²) in [7, 11) is 1.55. The Morgan fingerprint density at radius 3 is 2.63 bits per heavy atom. The molecule has 0 bridgehead atoms. The number of nitrogens with zero attached hydrogens (tertiary/aromatic N) is 2. The average Bonchev–Trinajstić information content (AvgIpc) is 2.87. The van der Waals surface area contributed by atoms with Crippen molar-refractivity contribution in [3.05, 3.63) is 0 Å². The summed E-state index contributed by atoms with van der Waals surface area (Å²) >= 11 is 0. The molecule has 0 spiro atoms. The topological polar surface area (TPSA) is 90.0 Å². The van der Waals surface area contributed by atoms with Crippen molar-refractivity contribution in [1.29, 1.82) is 0 Å². The number of rotatable bonds is 5. The largest absolute Gasteiger partial charge is 0.481 e. The van der Waals surface area contributed by atoms with Crippen molar-refractivity contribution in [3.63, 3.8) is 0 Å². The van der Waals surface area contributed by atoms with Gasteiger partial charge in [-0.25, -0.2) is 4.79 Å². The van der Waals surface area contributed by atoms with Crippen LogP contribution < -0.4 is 5.32 Å². The molecule has 0 aromatic heterocycles. The zero-order chi connectivity index (χ0) is 14.4. The number of carboxylic acid groups (broad SMARTS) is 1. The number of carbonyl (C=O) groups is 3. The molecule has 1 saturated heterocycles. The molecule has 1 unspecified atom stereocenters. The van der Waals surface area contributed by atoms with Gasteiger partial charge in [-0.1, -0.05) is 0 Å². The number of likely N-dealkylation sites (N-methyl/N-ethyl adjacent to an activating group) is 1. The van der Waals surface area contributed by atoms with Gasteiger partial charge in [0.25, 0.3) is 0 Å². The first-order valence-electron chi connectivity index (χ1n) is 6.50. The van der Waals surface area contributed by atoms with Gasteiger partial charge in [0.2, 0.25) is 5.91 Å². The van der Waals surface area contributed by atoms with Crippen molar-refractivity contribution in [3.8, 4) is 0 Å². The van der Waals surface area contributed by atoms with E-state index in [-0.39, 0.29) is 24.9 Å². The van der Waals surface area contributed by atoms with Crippen LogP contribution in [-0.4, -0.2) is 65.5 Å². The van der Waals surface area contributed by atoms with E-state index in [1.807, 2.05) is 0 Å². The van der Waals surface area contributed by atoms with E-state index >= 15 is 0 Å². The fraction of sp³-hybridized carbons (Fsp3) is 0.750. The Kier molecular flexibility index (Phi) is 5.59. The molecule has 1 heterocycles. The smallest absolute Gasteiger partial charge is 0.320 e. The molecule has 0 radical (unpaired) electrons. The van der Waals surface area contributed by atoms with Crippen LogP contribution in [0.4, 0.5) is 4.79 Å². The second-order valence-corrected chi connectivity index (χ2v) is 4.47. The first-order valence-corrected chi connectivity index (χ1v) is 6.50. The maximum Gasteiger partial charge on any atom is 0.320 e. The molecular weight excluding hydrogens is 250 g/mol. The number of amides is 3. The van der Waals surface area contributed by atoms with Gasteiger partial charge in [-0.15, -0.1) is 0 Å². The quantitative estimate of drug-likeness (QED) is 0.743. The number of carbonyl (C=O) groups excluding carboxylic acids is 2. The molecule has 0 aliphatic carbocycles. The minimum Gasteiger partial charge on any atom is -0.481 e. The third-order valence-corrected chi connectivity index (χ3v) is 3.30. The summed E-state index contributed by atoms with van der Waals surface area (Å²) in [5.74, 6) is -1.10. The van der Waals surface area contributed by atoms with Crippen molar-refractivity contribution >= 4 is 17.9 Å². The molecule has 108 valence electrons. The monoisotopic (exact) mass is 271 g/mol. The molecule has 2 N–H and O–H groups in total. The number of likely N-dealkylation sites (tertiary alicyclic amines) is 1. The first-order chi connectivity index (χ1) is 9.01. The summed E-state index contributed by atoms with van der Waals surface area (Å²) in [5.41, 5.74) is 0. The lowest BCUT2D eigenvalue weighted by molar-refractivity contribution is -0.137. The zero-order valence-corrected chi connectivity index (χ0v) is 11.4. The fourth-order valence-corrected chi connectivity index (χ4v) is 2.24. The van der Waals surface area contributed by atoms with Crippen molar-refractivity contribution in [2.24, 2.45) is 0 Å². The zero-order valence-electron chi connectivity index (χ0n) is 11.4. The van der Waals surface area contributed by atoms with Crippen LogP contribution in [0.2, 0.25) is 0 Å². The van der Waals surface area contributed by atoms with Gasteiger partial charge in [0.15, 0.2) is 0 Å². The molecule has 0 aromatic rings. The van der Waals surface area contributed by atoms with Gasteiger partial charge in [-0.3, -0.25) is 9.59 Å². The normalized spacial score (nSPS) is 18.2. The highest BCUT2D eigenvalue weighted by Gasteiger charge is 2.35. The number of nitrogens with one attached hydrogen (secondary N) is 1. The maximum atomic E-state index is 12.3. The molecule has 1 atom stereocenters. The molecule has 7 heteroatoms. The molecule has 19 heavy (non-hydrogen) atoms. The molecule has 1 rings (SSSR count). The summed E-state index contributed by atoms with van der Waals surface area (Å²) in [6.07, 6.45) is 1.36. The van der Waals surface area contributed by atoms with Crippen molar-refractivity contribution in [2.75, 3.05) is 26.7 Å². The van der Waals surface area contributed by atoms with E-state index in [0.717, 1.165) is 6.42 Å². The Labute approximate surface area is 112 Å². The highest BCUT2D eigenvalue weighted by Crippen LogP contribution is 2.19. The average molecular weight is 271 g/mol. The fourth-order valence-electron chi connectivity index (χ4n) is 2.24. The highest BCUT2D eigenvalue weighted by atomic mass is 16.4. The Bertz CT molecular complexity index is 359. The molecule has 0 aromatic carbocycles. The van der Waals surface area contributed by atoms with E-state index in [1.165, 1.54) is 9.80 Å². The number of carboxylic acids is 1. The number of aliphatic carboxylic acids is 1. The highest BCUT2D eigenvalue weighted by molar-refractivity contribution is 5.87. The van der Waals surface area contributed by atoms with Gasteiger partial charge in [0, 0.05) is 26.7 Å². The number of hydrogen-bond donors (Lipinski definition) is 2. The molecule has 1 fully saturated rings. The lowest BCUT2D eigenvalue weighted by Gasteiger charge is -2.30. The van der Waals surface area contributed by atoms with E-state index in [0.29, 0.717) is 19.5 Å². The first kappa shape index (κ1) is 15.3. The van der Waals surface area contributed by atoms with Crippen LogP contribution >= 0.6 is 0 Å². The predicted molar refractivity (Wildman–Crippen MR) is 68.7 cm³/mol. The maximum absolute atomic E-state index is 12.3. The second-order valence-electron chi connectivity index (χ2n) is 4.47. The molecule has 1 aliphatic heterocycles. The Morgan fingerprint density at radius 1 is 1.42 bits per heavy atom. The summed E-state index contributed by atoms with van der Waals surface area (Å²) in [5, 5.41) is 11.2. The summed E-state index contributed by atoms with van der Waals surface area (Å²) in [6, 6.07) is -0.689. The molecular formula is C12H21N3O4. The van der Waals surface area contributed by atoms with Crippen LogP contribution in [-0.2, 0) is 9.59 Å². The summed E-state index contributed by atoms with van der Waals surface area (Å²) in [6.45, 7) is 2.94. The van der Waals surface area contributed by atoms with E-state index in [1.54, 1.807) is 14.0 Å². The van der Waals surface area contributed by atoms with Crippen LogP contribution in [0.25, 0.3) is 0 Å². The lowest BCUT2D eigenvalue weighted by Crippen LogP contribution is -2.50. The Balaban J connectivity index is 2.67. The third kappa shape index (κ3) is 3.84. The van der Waals surface area contributed by atoms with Crippen molar-refractivity contribution < 1.29 is 19.5 Å². The second kappa shape index (κ2) is 6.96. The van der Waals surface area contributed by atoms with Crippen molar-refractivity contribution in [1.82, 2.24) is 15.1 Å². The van der Waals surface area contributed by atoms with Crippen LogP contribution in [0.3, 0.4) is 0 Å². The van der Waals surface area contributed by atoms with E-state index in [9.17, 15) is 14.4 Å². The molecule has 3 amide bonds. The van der Waals surface area contributed by atoms with Crippen LogP contribution in [0.1, 0.15) is 26.2 Å². The van der Waals surface area contributed by atoms with Gasteiger partial charge >= 0.3 is 12.0 Å². The van der Waals surface area contributed by atoms with Crippen LogP contribution in [0, 0.1) is 0 Å². The predicted octanol–water partition coefficient (Wildman–Crippen LogP) is 0.113. The Hall–Kier alpha value is -1.79. The van der Waals surface area contributed by atoms with Crippen molar-refractivity contribution in [2.45, 2.75) is 32.2 Å². The standard InChI is InChI=1S/C12H21N3O4/c1-3-14(8-6-10(16)17)12(19)15-7-4-5-9(15)11(18)13-2/h9H,3-8H2,1-2H3,(H,13,18)(H,16,17). The SMILES string of the molecule is CCN(CCC(=O)O)C(=O)N1CCCC1C(=O)NC. The molecule has 0 saturated carbocycles. The van der Waals surface area contributed by atoms with Crippen LogP contribution in [0.5, 0.6) is 0 Å². The Morgan fingerprint density at radius 2 is 2.11 bits per heavy atom. The van der Waals surface area contributed by atoms with Gasteiger partial charge < -0.3 is 20.2 Å². The van der Waals surface area contributed by atoms with Gasteiger partial charge in [-0.2, -0.15) is 0 Å². The van der Waals surface area contributed by atoms with E-state index in [4.69, 9.17) is 5.11 Å². The van der Waals surface area contributed by atoms with E-state index in [2.05, 4.69) is 5.32 Å². The van der Waals surface area contributed by atoms with Gasteiger partial charge in [0.05, 0.1) is 6.42 Å². The molecule has 1 aliphatic rings. The number of urea groups is 1. The summed E-state index contributed by atoms with van der Waals surface area (Å²) in [4.78, 5) is 37.6. The van der Waals surface area contributed by atoms with Gasteiger partial charge in [-0.05, 0) is 19.8 Å². The third-order valence-electron chi connectivity index (χ3n) is 3.30. The molecule has 7 nitrogen and oxygen atoms in total. The van der Waals surface area contributed by atoms with E-state index < -0.39 is 12.0 Å². The minimum absolute atomic E-state index is 0.0853. The van der Waals surface area contributed by atoms with Gasteiger partial charge in [0.1, 0.15) is 6.04 Å². The lowest BCUT2D eigenvalue weighted by atomic mass is 10.2. The van der Waals surface area contributed by atoms with Crippen LogP contribution in [0.15, 0.2) is 0 Å². The number of hydrogen-bond acceptors (Lipinski definition) is 3. The summed E-state index contributed by atoms with van der Waals surface area (Å²) < 4.78 is 0. The minimum atomic E-state index is -0.935.